The minimum atomic E-state index is -0.766. The van der Waals surface area contributed by atoms with Gasteiger partial charge in [0.2, 0.25) is 0 Å². The number of nitrogens with one attached hydrogen (secondary N) is 1. The Hall–Kier alpha value is -2.70. The lowest BCUT2D eigenvalue weighted by Crippen LogP contribution is -2.38. The molecule has 1 amide bonds. The molecule has 25 heavy (non-hydrogen) atoms. The lowest BCUT2D eigenvalue weighted by atomic mass is 9.86. The van der Waals surface area contributed by atoms with Crippen LogP contribution in [0.15, 0.2) is 30.5 Å². The molecule has 0 radical (unpaired) electrons. The lowest BCUT2D eigenvalue weighted by Gasteiger charge is -2.26. The van der Waals surface area contributed by atoms with Crippen molar-refractivity contribution in [3.63, 3.8) is 0 Å². The summed E-state index contributed by atoms with van der Waals surface area (Å²) in [4.78, 5) is 23.3. The van der Waals surface area contributed by atoms with Crippen molar-refractivity contribution in [3.8, 4) is 5.69 Å². The number of rotatable bonds is 4. The van der Waals surface area contributed by atoms with Gasteiger partial charge in [-0.1, -0.05) is 0 Å². The third-order valence-corrected chi connectivity index (χ3v) is 4.64. The van der Waals surface area contributed by atoms with Crippen LogP contribution in [-0.2, 0) is 4.79 Å². The highest BCUT2D eigenvalue weighted by atomic mass is 19.1. The number of aromatic nitrogens is 2. The van der Waals surface area contributed by atoms with Crippen LogP contribution in [0.2, 0.25) is 0 Å². The molecule has 0 aliphatic heterocycles. The number of halogens is 1. The first kappa shape index (κ1) is 17.1. The van der Waals surface area contributed by atoms with E-state index in [1.54, 1.807) is 29.9 Å². The fraction of sp³-hybridized carbons (Fsp3) is 0.389. The van der Waals surface area contributed by atoms with E-state index < -0.39 is 5.97 Å². The Labute approximate surface area is 144 Å². The van der Waals surface area contributed by atoms with E-state index in [9.17, 15) is 14.0 Å². The molecule has 2 aromatic rings. The summed E-state index contributed by atoms with van der Waals surface area (Å²) in [5.41, 5.74) is 1.72. The average molecular weight is 345 g/mol. The van der Waals surface area contributed by atoms with Gasteiger partial charge in [0.15, 0.2) is 5.69 Å². The van der Waals surface area contributed by atoms with Crippen molar-refractivity contribution in [2.45, 2.75) is 38.6 Å². The van der Waals surface area contributed by atoms with Gasteiger partial charge in [0.1, 0.15) is 5.82 Å². The summed E-state index contributed by atoms with van der Waals surface area (Å²) < 4.78 is 14.8. The third kappa shape index (κ3) is 3.87. The standard InChI is InChI=1S/C18H20FN3O3/c1-11-10-13(19)4-7-16(11)22-9-8-15(21-22)17(23)20-14-5-2-12(3-6-14)18(24)25/h4,7-10,12,14H,2-3,5-6H2,1H3,(H,20,23)(H,24,25). The van der Waals surface area contributed by atoms with Crippen molar-refractivity contribution in [2.24, 2.45) is 5.92 Å². The van der Waals surface area contributed by atoms with Gasteiger partial charge >= 0.3 is 5.97 Å². The van der Waals surface area contributed by atoms with Crippen LogP contribution in [0, 0.1) is 18.7 Å². The molecule has 0 bridgehead atoms. The predicted octanol–water partition coefficient (Wildman–Crippen LogP) is 2.69. The van der Waals surface area contributed by atoms with Gasteiger partial charge in [0.25, 0.3) is 5.91 Å². The second kappa shape index (κ2) is 7.04. The molecular formula is C18H20FN3O3. The maximum absolute atomic E-state index is 13.2. The van der Waals surface area contributed by atoms with Gasteiger partial charge in [-0.2, -0.15) is 5.10 Å². The molecule has 1 aliphatic carbocycles. The highest BCUT2D eigenvalue weighted by Gasteiger charge is 2.27. The smallest absolute Gasteiger partial charge is 0.306 e. The Morgan fingerprint density at radius 1 is 1.24 bits per heavy atom. The number of aryl methyl sites for hydroxylation is 1. The zero-order valence-corrected chi connectivity index (χ0v) is 13.9. The maximum atomic E-state index is 13.2. The highest BCUT2D eigenvalue weighted by molar-refractivity contribution is 5.92. The first-order valence-electron chi connectivity index (χ1n) is 8.30. The number of aliphatic carboxylic acids is 1. The van der Waals surface area contributed by atoms with Gasteiger partial charge in [-0.05, 0) is 62.4 Å². The minimum Gasteiger partial charge on any atom is -0.481 e. The van der Waals surface area contributed by atoms with Crippen LogP contribution in [0.3, 0.4) is 0 Å². The van der Waals surface area contributed by atoms with E-state index in [1.165, 1.54) is 12.1 Å². The molecule has 6 nitrogen and oxygen atoms in total. The third-order valence-electron chi connectivity index (χ3n) is 4.64. The molecule has 7 heteroatoms. The summed E-state index contributed by atoms with van der Waals surface area (Å²) in [6.07, 6.45) is 4.12. The summed E-state index contributed by atoms with van der Waals surface area (Å²) in [6, 6.07) is 5.97. The number of benzene rings is 1. The summed E-state index contributed by atoms with van der Waals surface area (Å²) in [5, 5.41) is 16.2. The van der Waals surface area contributed by atoms with Crippen LogP contribution < -0.4 is 5.32 Å². The normalized spacial score (nSPS) is 20.2. The average Bonchev–Trinajstić information content (AvgIpc) is 3.05. The van der Waals surface area contributed by atoms with Gasteiger partial charge in [0.05, 0.1) is 11.6 Å². The van der Waals surface area contributed by atoms with Gasteiger partial charge in [-0.3, -0.25) is 9.59 Å². The first-order chi connectivity index (χ1) is 11.9. The summed E-state index contributed by atoms with van der Waals surface area (Å²) >= 11 is 0. The van der Waals surface area contributed by atoms with Crippen LogP contribution in [0.4, 0.5) is 4.39 Å². The largest absolute Gasteiger partial charge is 0.481 e. The van der Waals surface area contributed by atoms with E-state index in [1.807, 2.05) is 0 Å². The quantitative estimate of drug-likeness (QED) is 0.892. The zero-order chi connectivity index (χ0) is 18.0. The number of carboxylic acids is 1. The Morgan fingerprint density at radius 2 is 1.96 bits per heavy atom. The van der Waals surface area contributed by atoms with Crippen LogP contribution in [-0.4, -0.2) is 32.8 Å². The van der Waals surface area contributed by atoms with E-state index >= 15 is 0 Å². The molecule has 3 rings (SSSR count). The molecule has 0 saturated heterocycles. The second-order valence-corrected chi connectivity index (χ2v) is 6.44. The van der Waals surface area contributed by atoms with E-state index in [0.717, 1.165) is 5.56 Å². The molecule has 1 saturated carbocycles. The number of amides is 1. The van der Waals surface area contributed by atoms with E-state index in [2.05, 4.69) is 10.4 Å². The summed E-state index contributed by atoms with van der Waals surface area (Å²) in [7, 11) is 0. The number of nitrogens with zero attached hydrogens (tertiary/aromatic N) is 2. The molecular weight excluding hydrogens is 325 g/mol. The molecule has 0 spiro atoms. The van der Waals surface area contributed by atoms with Crippen LogP contribution in [0.5, 0.6) is 0 Å². The lowest BCUT2D eigenvalue weighted by molar-refractivity contribution is -0.142. The summed E-state index contributed by atoms with van der Waals surface area (Å²) in [6.45, 7) is 1.78. The fourth-order valence-electron chi connectivity index (χ4n) is 3.20. The topological polar surface area (TPSA) is 84.2 Å². The van der Waals surface area contributed by atoms with Gasteiger partial charge in [-0.25, -0.2) is 9.07 Å². The van der Waals surface area contributed by atoms with E-state index in [-0.39, 0.29) is 29.4 Å². The Bertz CT molecular complexity index is 795. The fourth-order valence-corrected chi connectivity index (χ4v) is 3.20. The molecule has 1 aliphatic rings. The van der Waals surface area contributed by atoms with E-state index in [4.69, 9.17) is 5.11 Å². The van der Waals surface area contributed by atoms with Gasteiger partial charge < -0.3 is 10.4 Å². The van der Waals surface area contributed by atoms with Crippen LogP contribution >= 0.6 is 0 Å². The number of hydrogen-bond donors (Lipinski definition) is 2. The minimum absolute atomic E-state index is 0.0270. The molecule has 0 atom stereocenters. The van der Waals surface area contributed by atoms with Gasteiger partial charge in [0, 0.05) is 12.2 Å². The van der Waals surface area contributed by atoms with Crippen molar-refractivity contribution in [3.05, 3.63) is 47.5 Å². The zero-order valence-electron chi connectivity index (χ0n) is 13.9. The monoisotopic (exact) mass is 345 g/mol. The predicted molar refractivity (Wildman–Crippen MR) is 89.1 cm³/mol. The number of carboxylic acid groups (broad SMARTS) is 1. The summed E-state index contributed by atoms with van der Waals surface area (Å²) in [5.74, 6) is -1.67. The van der Waals surface area contributed by atoms with Crippen molar-refractivity contribution < 1.29 is 19.1 Å². The number of carbonyl (C=O) groups is 2. The Kier molecular flexibility index (Phi) is 4.83. The van der Waals surface area contributed by atoms with Crippen LogP contribution in [0.25, 0.3) is 5.69 Å². The van der Waals surface area contributed by atoms with Crippen molar-refractivity contribution >= 4 is 11.9 Å². The SMILES string of the molecule is Cc1cc(F)ccc1-n1ccc(C(=O)NC2CCC(C(=O)O)CC2)n1. The van der Waals surface area contributed by atoms with Crippen LogP contribution in [0.1, 0.15) is 41.7 Å². The van der Waals surface area contributed by atoms with Crippen molar-refractivity contribution in [2.75, 3.05) is 0 Å². The first-order valence-corrected chi connectivity index (χ1v) is 8.30. The molecule has 2 N–H and O–H groups in total. The number of hydrogen-bond acceptors (Lipinski definition) is 3. The van der Waals surface area contributed by atoms with Crippen molar-refractivity contribution in [1.82, 2.24) is 15.1 Å². The molecule has 0 unspecified atom stereocenters. The molecule has 132 valence electrons. The Morgan fingerprint density at radius 3 is 2.60 bits per heavy atom. The maximum Gasteiger partial charge on any atom is 0.306 e. The molecule has 1 aromatic carbocycles. The Balaban J connectivity index is 1.64. The van der Waals surface area contributed by atoms with Crippen molar-refractivity contribution in [1.29, 1.82) is 0 Å². The molecule has 1 aromatic heterocycles. The highest BCUT2D eigenvalue weighted by Crippen LogP contribution is 2.24. The molecule has 1 heterocycles. The number of carbonyl (C=O) groups excluding carboxylic acids is 1. The van der Waals surface area contributed by atoms with E-state index in [0.29, 0.717) is 31.4 Å². The molecule has 1 fully saturated rings. The van der Waals surface area contributed by atoms with Gasteiger partial charge in [-0.15, -0.1) is 0 Å². The second-order valence-electron chi connectivity index (χ2n) is 6.44.